The monoisotopic (exact) mass is 460 g/mol. The van der Waals surface area contributed by atoms with Gasteiger partial charge in [0.25, 0.3) is 0 Å². The highest BCUT2D eigenvalue weighted by Crippen LogP contribution is 2.23. The number of rotatable bonds is 10. The number of carbonyl (C=O) groups excluding carboxylic acids is 1. The number of halogens is 1. The molecule has 9 heteroatoms. The van der Waals surface area contributed by atoms with Crippen LogP contribution in [0.2, 0.25) is 0 Å². The summed E-state index contributed by atoms with van der Waals surface area (Å²) in [5.41, 5.74) is 0.330. The van der Waals surface area contributed by atoms with Gasteiger partial charge in [0.05, 0.1) is 23.3 Å². The molecule has 0 saturated carbocycles. The zero-order valence-electron chi connectivity index (χ0n) is 18.0. The maximum absolute atomic E-state index is 13.8. The predicted molar refractivity (Wildman–Crippen MR) is 118 cm³/mol. The molecule has 0 atom stereocenters. The van der Waals surface area contributed by atoms with Gasteiger partial charge >= 0.3 is 0 Å². The number of aryl methyl sites for hydroxylation is 1. The number of amides is 1. The van der Waals surface area contributed by atoms with Gasteiger partial charge in [-0.3, -0.25) is 4.79 Å². The Morgan fingerprint density at radius 3 is 2.72 bits per heavy atom. The standard InChI is InChI=1S/C23H25FN2O5S/c1-26(13-6-14-30-17-7-5-8-18(15-17)32(2,28)29)23(27)12-11-22-25-16-21(31-22)19-9-3-4-10-20(19)24/h3-5,7-10,15-16H,6,11-14H2,1-2H3. The van der Waals surface area contributed by atoms with Crippen molar-refractivity contribution < 1.29 is 26.8 Å². The number of sulfone groups is 1. The van der Waals surface area contributed by atoms with Crippen molar-refractivity contribution in [3.8, 4) is 17.1 Å². The molecule has 1 aromatic heterocycles. The van der Waals surface area contributed by atoms with Crippen molar-refractivity contribution in [1.82, 2.24) is 9.88 Å². The van der Waals surface area contributed by atoms with E-state index in [9.17, 15) is 17.6 Å². The number of oxazole rings is 1. The van der Waals surface area contributed by atoms with E-state index in [1.54, 1.807) is 42.3 Å². The number of ether oxygens (including phenoxy) is 1. The first-order valence-electron chi connectivity index (χ1n) is 10.1. The Morgan fingerprint density at radius 2 is 1.97 bits per heavy atom. The quantitative estimate of drug-likeness (QED) is 0.428. The molecule has 0 aliphatic carbocycles. The summed E-state index contributed by atoms with van der Waals surface area (Å²) >= 11 is 0. The van der Waals surface area contributed by atoms with E-state index in [0.717, 1.165) is 6.26 Å². The Kier molecular flexibility index (Phi) is 7.63. The Balaban J connectivity index is 1.42. The summed E-state index contributed by atoms with van der Waals surface area (Å²) in [6, 6.07) is 12.6. The second-order valence-corrected chi connectivity index (χ2v) is 9.38. The fraction of sp³-hybridized carbons (Fsp3) is 0.304. The average Bonchev–Trinajstić information content (AvgIpc) is 3.23. The zero-order chi connectivity index (χ0) is 23.1. The van der Waals surface area contributed by atoms with Gasteiger partial charge in [-0.25, -0.2) is 17.8 Å². The van der Waals surface area contributed by atoms with Gasteiger partial charge in [0.1, 0.15) is 11.6 Å². The minimum atomic E-state index is -3.29. The predicted octanol–water partition coefficient (Wildman–Crippen LogP) is 3.74. The van der Waals surface area contributed by atoms with Gasteiger partial charge in [-0.2, -0.15) is 0 Å². The highest BCUT2D eigenvalue weighted by atomic mass is 32.2. The van der Waals surface area contributed by atoms with Crippen molar-refractivity contribution >= 4 is 15.7 Å². The van der Waals surface area contributed by atoms with Crippen LogP contribution in [0.15, 0.2) is 64.0 Å². The first kappa shape index (κ1) is 23.5. The summed E-state index contributed by atoms with van der Waals surface area (Å²) in [6.45, 7) is 0.827. The lowest BCUT2D eigenvalue weighted by Crippen LogP contribution is -2.28. The molecule has 170 valence electrons. The highest BCUT2D eigenvalue weighted by Gasteiger charge is 2.14. The van der Waals surface area contributed by atoms with Crippen molar-refractivity contribution in [2.75, 3.05) is 26.5 Å². The minimum Gasteiger partial charge on any atom is -0.493 e. The number of carbonyl (C=O) groups is 1. The van der Waals surface area contributed by atoms with Gasteiger partial charge in [-0.05, 0) is 36.8 Å². The topological polar surface area (TPSA) is 89.7 Å². The normalized spacial score (nSPS) is 11.3. The Morgan fingerprint density at radius 1 is 1.19 bits per heavy atom. The molecule has 0 bridgehead atoms. The first-order valence-corrected chi connectivity index (χ1v) is 12.0. The molecule has 0 spiro atoms. The first-order chi connectivity index (χ1) is 15.2. The SMILES string of the molecule is CN(CCCOc1cccc(S(C)(=O)=O)c1)C(=O)CCc1ncc(-c2ccccc2F)o1. The van der Waals surface area contributed by atoms with Crippen LogP contribution < -0.4 is 4.74 Å². The molecule has 3 rings (SSSR count). The van der Waals surface area contributed by atoms with Crippen LogP contribution >= 0.6 is 0 Å². The Hall–Kier alpha value is -3.20. The fourth-order valence-electron chi connectivity index (χ4n) is 3.03. The van der Waals surface area contributed by atoms with Crippen LogP contribution in [0.5, 0.6) is 5.75 Å². The molecule has 0 aliphatic heterocycles. The fourth-order valence-corrected chi connectivity index (χ4v) is 3.68. The number of hydrogen-bond acceptors (Lipinski definition) is 6. The van der Waals surface area contributed by atoms with E-state index in [1.807, 2.05) is 0 Å². The number of benzene rings is 2. The molecule has 0 saturated heterocycles. The summed E-state index contributed by atoms with van der Waals surface area (Å²) in [6.07, 6.45) is 3.71. The van der Waals surface area contributed by atoms with Crippen LogP contribution in [0.4, 0.5) is 4.39 Å². The minimum absolute atomic E-state index is 0.0743. The second kappa shape index (κ2) is 10.4. The van der Waals surface area contributed by atoms with Crippen LogP contribution in [0, 0.1) is 5.82 Å². The molecule has 0 aliphatic rings. The maximum atomic E-state index is 13.8. The molecule has 3 aromatic rings. The van der Waals surface area contributed by atoms with E-state index < -0.39 is 15.7 Å². The third-order valence-electron chi connectivity index (χ3n) is 4.81. The molecule has 7 nitrogen and oxygen atoms in total. The number of aromatic nitrogens is 1. The van der Waals surface area contributed by atoms with Crippen LogP contribution in [0.1, 0.15) is 18.7 Å². The van der Waals surface area contributed by atoms with Gasteiger partial charge in [0, 0.05) is 32.7 Å². The van der Waals surface area contributed by atoms with Crippen LogP contribution in [0.25, 0.3) is 11.3 Å². The van der Waals surface area contributed by atoms with E-state index in [2.05, 4.69) is 4.98 Å². The van der Waals surface area contributed by atoms with E-state index in [1.165, 1.54) is 24.4 Å². The summed E-state index contributed by atoms with van der Waals surface area (Å²) in [7, 11) is -1.59. The molecule has 0 unspecified atom stereocenters. The van der Waals surface area contributed by atoms with Gasteiger partial charge < -0.3 is 14.1 Å². The van der Waals surface area contributed by atoms with Crippen molar-refractivity contribution in [3.63, 3.8) is 0 Å². The summed E-state index contributed by atoms with van der Waals surface area (Å²) in [5.74, 6) is 0.706. The van der Waals surface area contributed by atoms with Gasteiger partial charge in [-0.1, -0.05) is 18.2 Å². The zero-order valence-corrected chi connectivity index (χ0v) is 18.8. The summed E-state index contributed by atoms with van der Waals surface area (Å²) < 4.78 is 48.2. The Bertz CT molecular complexity index is 1180. The van der Waals surface area contributed by atoms with E-state index in [4.69, 9.17) is 9.15 Å². The molecule has 2 aromatic carbocycles. The lowest BCUT2D eigenvalue weighted by molar-refractivity contribution is -0.130. The van der Waals surface area contributed by atoms with Crippen LogP contribution in [-0.4, -0.2) is 50.7 Å². The van der Waals surface area contributed by atoms with E-state index >= 15 is 0 Å². The highest BCUT2D eigenvalue weighted by molar-refractivity contribution is 7.90. The van der Waals surface area contributed by atoms with Crippen molar-refractivity contribution in [3.05, 3.63) is 66.4 Å². The summed E-state index contributed by atoms with van der Waals surface area (Å²) in [4.78, 5) is 18.3. The van der Waals surface area contributed by atoms with Crippen molar-refractivity contribution in [1.29, 1.82) is 0 Å². The number of hydrogen-bond donors (Lipinski definition) is 0. The lowest BCUT2D eigenvalue weighted by Gasteiger charge is -2.17. The maximum Gasteiger partial charge on any atom is 0.222 e. The van der Waals surface area contributed by atoms with Crippen molar-refractivity contribution in [2.24, 2.45) is 0 Å². The molecular weight excluding hydrogens is 435 g/mol. The molecule has 1 heterocycles. The second-order valence-electron chi connectivity index (χ2n) is 7.36. The molecule has 1 amide bonds. The van der Waals surface area contributed by atoms with Gasteiger partial charge in [0.15, 0.2) is 21.5 Å². The smallest absolute Gasteiger partial charge is 0.222 e. The lowest BCUT2D eigenvalue weighted by atomic mass is 10.2. The Labute approximate surface area is 186 Å². The molecular formula is C23H25FN2O5S. The van der Waals surface area contributed by atoms with Gasteiger partial charge in [-0.15, -0.1) is 0 Å². The van der Waals surface area contributed by atoms with Gasteiger partial charge in [0.2, 0.25) is 5.91 Å². The van der Waals surface area contributed by atoms with Crippen LogP contribution in [-0.2, 0) is 21.1 Å². The average molecular weight is 461 g/mol. The van der Waals surface area contributed by atoms with Crippen LogP contribution in [0.3, 0.4) is 0 Å². The summed E-state index contributed by atoms with van der Waals surface area (Å²) in [5, 5.41) is 0. The molecule has 0 fully saturated rings. The van der Waals surface area contributed by atoms with Crippen molar-refractivity contribution in [2.45, 2.75) is 24.2 Å². The molecule has 0 N–H and O–H groups in total. The van der Waals surface area contributed by atoms with E-state index in [0.29, 0.717) is 49.0 Å². The molecule has 32 heavy (non-hydrogen) atoms. The largest absolute Gasteiger partial charge is 0.493 e. The third-order valence-corrected chi connectivity index (χ3v) is 5.92. The number of nitrogens with zero attached hydrogens (tertiary/aromatic N) is 2. The third kappa shape index (κ3) is 6.40. The molecule has 0 radical (unpaired) electrons. The van der Waals surface area contributed by atoms with E-state index in [-0.39, 0.29) is 17.2 Å².